The molecule has 0 aromatic rings. The second kappa shape index (κ2) is 8.73. The molecule has 0 radical (unpaired) electrons. The first-order valence-corrected chi connectivity index (χ1v) is 7.47. The lowest BCUT2D eigenvalue weighted by Gasteiger charge is -2.17. The molecule has 108 valence electrons. The Kier molecular flexibility index (Phi) is 8.57. The van der Waals surface area contributed by atoms with Gasteiger partial charge in [0, 0.05) is 6.42 Å². The minimum Gasteiger partial charge on any atom is -0.465 e. The lowest BCUT2D eigenvalue weighted by molar-refractivity contribution is -0.142. The predicted molar refractivity (Wildman–Crippen MR) is 72.2 cm³/mol. The van der Waals surface area contributed by atoms with Gasteiger partial charge in [-0.1, -0.05) is 13.8 Å². The standard InChI is InChI=1S/C13H24F2O2S/c1-5-17-12(16)11(9-10(2)3)18-8-6-7-13(4,14)15/h10-11H,5-9H2,1-4H3. The number of hydrogen-bond acceptors (Lipinski definition) is 3. The quantitative estimate of drug-likeness (QED) is 0.470. The first-order chi connectivity index (χ1) is 8.26. The van der Waals surface area contributed by atoms with E-state index < -0.39 is 5.92 Å². The van der Waals surface area contributed by atoms with Crippen molar-refractivity contribution in [3.63, 3.8) is 0 Å². The molecule has 1 unspecified atom stereocenters. The maximum atomic E-state index is 12.6. The molecule has 0 spiro atoms. The van der Waals surface area contributed by atoms with E-state index in [4.69, 9.17) is 4.74 Å². The van der Waals surface area contributed by atoms with Gasteiger partial charge < -0.3 is 4.74 Å². The molecule has 0 aliphatic rings. The van der Waals surface area contributed by atoms with E-state index >= 15 is 0 Å². The van der Waals surface area contributed by atoms with Crippen molar-refractivity contribution in [2.75, 3.05) is 12.4 Å². The summed E-state index contributed by atoms with van der Waals surface area (Å²) in [6, 6.07) is 0. The van der Waals surface area contributed by atoms with Crippen LogP contribution in [0.2, 0.25) is 0 Å². The second-order valence-electron chi connectivity index (χ2n) is 4.91. The average molecular weight is 282 g/mol. The van der Waals surface area contributed by atoms with E-state index in [0.717, 1.165) is 13.3 Å². The fraction of sp³-hybridized carbons (Fsp3) is 0.923. The molecule has 0 aromatic heterocycles. The largest absolute Gasteiger partial charge is 0.465 e. The van der Waals surface area contributed by atoms with Gasteiger partial charge in [-0.05, 0) is 38.4 Å². The summed E-state index contributed by atoms with van der Waals surface area (Å²) in [4.78, 5) is 11.7. The van der Waals surface area contributed by atoms with Crippen molar-refractivity contribution in [3.8, 4) is 0 Å². The summed E-state index contributed by atoms with van der Waals surface area (Å²) in [5.41, 5.74) is 0. The smallest absolute Gasteiger partial charge is 0.319 e. The number of thioether (sulfide) groups is 1. The summed E-state index contributed by atoms with van der Waals surface area (Å²) < 4.78 is 30.3. The van der Waals surface area contributed by atoms with Crippen LogP contribution < -0.4 is 0 Å². The Bertz CT molecular complexity index is 240. The average Bonchev–Trinajstić information content (AvgIpc) is 2.21. The highest BCUT2D eigenvalue weighted by atomic mass is 32.2. The Morgan fingerprint density at radius 2 is 2.00 bits per heavy atom. The molecule has 0 amide bonds. The number of rotatable bonds is 9. The zero-order chi connectivity index (χ0) is 14.2. The number of ether oxygens (including phenoxy) is 1. The van der Waals surface area contributed by atoms with Gasteiger partial charge in [-0.15, -0.1) is 11.8 Å². The van der Waals surface area contributed by atoms with E-state index in [0.29, 0.717) is 24.7 Å². The number of carbonyl (C=O) groups is 1. The van der Waals surface area contributed by atoms with E-state index in [1.807, 2.05) is 13.8 Å². The molecule has 0 aliphatic carbocycles. The number of carbonyl (C=O) groups excluding carboxylic acids is 1. The molecule has 0 N–H and O–H groups in total. The summed E-state index contributed by atoms with van der Waals surface area (Å²) in [7, 11) is 0. The predicted octanol–water partition coefficient (Wildman–Crippen LogP) is 4.13. The van der Waals surface area contributed by atoms with Crippen LogP contribution in [0.5, 0.6) is 0 Å². The normalized spacial score (nSPS) is 13.7. The molecule has 2 nitrogen and oxygen atoms in total. The third-order valence-corrected chi connectivity index (χ3v) is 3.63. The molecule has 0 aliphatic heterocycles. The third-order valence-electron chi connectivity index (χ3n) is 2.31. The number of esters is 1. The molecular formula is C13H24F2O2S. The lowest BCUT2D eigenvalue weighted by atomic mass is 10.1. The van der Waals surface area contributed by atoms with E-state index in [9.17, 15) is 13.6 Å². The van der Waals surface area contributed by atoms with Crippen LogP contribution in [0.15, 0.2) is 0 Å². The summed E-state index contributed by atoms with van der Waals surface area (Å²) in [5.74, 6) is -1.88. The van der Waals surface area contributed by atoms with Crippen molar-refractivity contribution in [1.82, 2.24) is 0 Å². The van der Waals surface area contributed by atoms with E-state index in [-0.39, 0.29) is 17.6 Å². The molecule has 0 bridgehead atoms. The molecular weight excluding hydrogens is 258 g/mol. The van der Waals surface area contributed by atoms with E-state index in [1.54, 1.807) is 6.92 Å². The zero-order valence-corrected chi connectivity index (χ0v) is 12.5. The summed E-state index contributed by atoms with van der Waals surface area (Å²) in [5, 5.41) is -0.226. The Balaban J connectivity index is 4.05. The summed E-state index contributed by atoms with van der Waals surface area (Å²) in [6.45, 7) is 7.13. The van der Waals surface area contributed by atoms with Crippen molar-refractivity contribution in [2.24, 2.45) is 5.92 Å². The van der Waals surface area contributed by atoms with Crippen LogP contribution >= 0.6 is 11.8 Å². The molecule has 0 fully saturated rings. The molecule has 1 atom stereocenters. The maximum Gasteiger partial charge on any atom is 0.319 e. The lowest BCUT2D eigenvalue weighted by Crippen LogP contribution is -2.23. The van der Waals surface area contributed by atoms with Gasteiger partial charge in [-0.3, -0.25) is 4.79 Å². The van der Waals surface area contributed by atoms with Gasteiger partial charge in [-0.2, -0.15) is 0 Å². The van der Waals surface area contributed by atoms with Crippen molar-refractivity contribution in [3.05, 3.63) is 0 Å². The monoisotopic (exact) mass is 282 g/mol. The van der Waals surface area contributed by atoms with Crippen molar-refractivity contribution in [2.45, 2.75) is 58.1 Å². The fourth-order valence-corrected chi connectivity index (χ4v) is 2.82. The van der Waals surface area contributed by atoms with Gasteiger partial charge in [0.25, 0.3) is 0 Å². The van der Waals surface area contributed by atoms with Crippen LogP contribution in [0.1, 0.15) is 47.0 Å². The Labute approximate surface area is 113 Å². The van der Waals surface area contributed by atoms with Crippen molar-refractivity contribution < 1.29 is 18.3 Å². The molecule has 0 saturated heterocycles. The Morgan fingerprint density at radius 1 is 1.39 bits per heavy atom. The zero-order valence-electron chi connectivity index (χ0n) is 11.7. The Hall–Kier alpha value is -0.320. The molecule has 0 heterocycles. The molecule has 5 heteroatoms. The molecule has 0 saturated carbocycles. The van der Waals surface area contributed by atoms with Crippen LogP contribution in [-0.2, 0) is 9.53 Å². The van der Waals surface area contributed by atoms with Crippen molar-refractivity contribution in [1.29, 1.82) is 0 Å². The molecule has 0 rings (SSSR count). The van der Waals surface area contributed by atoms with Crippen LogP contribution in [0.4, 0.5) is 8.78 Å². The molecule has 18 heavy (non-hydrogen) atoms. The number of alkyl halides is 2. The highest BCUT2D eigenvalue weighted by Gasteiger charge is 2.23. The van der Waals surface area contributed by atoms with Gasteiger partial charge in [0.15, 0.2) is 0 Å². The second-order valence-corrected chi connectivity index (χ2v) is 6.23. The number of halogens is 2. The van der Waals surface area contributed by atoms with Gasteiger partial charge in [-0.25, -0.2) is 8.78 Å². The SMILES string of the molecule is CCOC(=O)C(CC(C)C)SCCCC(C)(F)F. The van der Waals surface area contributed by atoms with Crippen LogP contribution in [0.25, 0.3) is 0 Å². The maximum absolute atomic E-state index is 12.6. The van der Waals surface area contributed by atoms with Crippen molar-refractivity contribution >= 4 is 17.7 Å². The minimum absolute atomic E-state index is 0.128. The third kappa shape index (κ3) is 9.68. The highest BCUT2D eigenvalue weighted by molar-refractivity contribution is 8.00. The van der Waals surface area contributed by atoms with Gasteiger partial charge >= 0.3 is 5.97 Å². The molecule has 0 aromatic carbocycles. The highest BCUT2D eigenvalue weighted by Crippen LogP contribution is 2.25. The summed E-state index contributed by atoms with van der Waals surface area (Å²) >= 11 is 1.43. The number of hydrogen-bond donors (Lipinski definition) is 0. The minimum atomic E-state index is -2.61. The van der Waals surface area contributed by atoms with Gasteiger partial charge in [0.1, 0.15) is 5.25 Å². The van der Waals surface area contributed by atoms with Crippen LogP contribution in [-0.4, -0.2) is 29.5 Å². The van der Waals surface area contributed by atoms with Gasteiger partial charge in [0.2, 0.25) is 5.92 Å². The van der Waals surface area contributed by atoms with Gasteiger partial charge in [0.05, 0.1) is 6.61 Å². The fourth-order valence-electron chi connectivity index (χ4n) is 1.50. The first-order valence-electron chi connectivity index (χ1n) is 6.42. The van der Waals surface area contributed by atoms with Crippen LogP contribution in [0.3, 0.4) is 0 Å². The topological polar surface area (TPSA) is 26.3 Å². The van der Waals surface area contributed by atoms with E-state index in [1.165, 1.54) is 11.8 Å². The van der Waals surface area contributed by atoms with E-state index in [2.05, 4.69) is 0 Å². The Morgan fingerprint density at radius 3 is 2.44 bits per heavy atom. The first kappa shape index (κ1) is 17.7. The summed E-state index contributed by atoms with van der Waals surface area (Å²) in [6.07, 6.45) is 1.02. The van der Waals surface area contributed by atoms with Crippen LogP contribution in [0, 0.1) is 5.92 Å².